The lowest BCUT2D eigenvalue weighted by molar-refractivity contribution is 0.671. The Morgan fingerprint density at radius 1 is 1.29 bits per heavy atom. The van der Waals surface area contributed by atoms with E-state index in [-0.39, 0.29) is 0 Å². The van der Waals surface area contributed by atoms with Crippen molar-refractivity contribution in [3.05, 3.63) is 40.7 Å². The Hall–Kier alpha value is -2.19. The molecule has 5 heteroatoms. The fourth-order valence-electron chi connectivity index (χ4n) is 3.04. The van der Waals surface area contributed by atoms with Crippen LogP contribution in [0.25, 0.3) is 16.3 Å². The third-order valence-electron chi connectivity index (χ3n) is 3.97. The summed E-state index contributed by atoms with van der Waals surface area (Å²) in [5.41, 5.74) is 4.06. The summed E-state index contributed by atoms with van der Waals surface area (Å²) >= 11 is 1.77. The minimum absolute atomic E-state index is 0.371. The zero-order valence-corrected chi connectivity index (χ0v) is 12.4. The van der Waals surface area contributed by atoms with E-state index in [1.807, 2.05) is 18.2 Å². The summed E-state index contributed by atoms with van der Waals surface area (Å²) < 4.78 is 2.21. The van der Waals surface area contributed by atoms with Crippen LogP contribution in [0.1, 0.15) is 29.1 Å². The number of pyridine rings is 1. The lowest BCUT2D eigenvalue weighted by Crippen LogP contribution is -2.05. The molecule has 3 heterocycles. The predicted molar refractivity (Wildman–Crippen MR) is 82.3 cm³/mol. The van der Waals surface area contributed by atoms with Crippen molar-refractivity contribution in [2.24, 2.45) is 0 Å². The number of rotatable bonds is 2. The van der Waals surface area contributed by atoms with Crippen LogP contribution in [0.5, 0.6) is 0 Å². The highest BCUT2D eigenvalue weighted by atomic mass is 32.1. The molecule has 4 nitrogen and oxygen atoms in total. The molecule has 21 heavy (non-hydrogen) atoms. The number of thiazole rings is 1. The second-order valence-electron chi connectivity index (χ2n) is 5.25. The number of aryl methyl sites for hydroxylation is 2. The van der Waals surface area contributed by atoms with E-state index in [0.29, 0.717) is 6.42 Å². The van der Waals surface area contributed by atoms with Crippen molar-refractivity contribution in [3.8, 4) is 17.5 Å². The second kappa shape index (κ2) is 4.97. The Morgan fingerprint density at radius 3 is 3.00 bits per heavy atom. The van der Waals surface area contributed by atoms with Crippen molar-refractivity contribution >= 4 is 16.3 Å². The third kappa shape index (κ3) is 1.95. The average Bonchev–Trinajstić information content (AvgIpc) is 3.05. The van der Waals surface area contributed by atoms with Gasteiger partial charge in [0.1, 0.15) is 5.69 Å². The van der Waals surface area contributed by atoms with Crippen LogP contribution in [0, 0.1) is 11.3 Å². The maximum Gasteiger partial charge on any atom is 0.195 e. The molecule has 104 valence electrons. The van der Waals surface area contributed by atoms with Crippen LogP contribution < -0.4 is 0 Å². The molecule has 0 atom stereocenters. The van der Waals surface area contributed by atoms with E-state index in [4.69, 9.17) is 4.98 Å². The standard InChI is InChI=1S/C16H14N4S/c17-9-8-13-15(11-5-3-4-10-18-11)19-16-20(13)12-6-1-2-7-14(12)21-16/h3-5,10H,1-2,6-8H2. The van der Waals surface area contributed by atoms with Gasteiger partial charge in [-0.1, -0.05) is 6.07 Å². The van der Waals surface area contributed by atoms with Crippen LogP contribution >= 0.6 is 11.3 Å². The van der Waals surface area contributed by atoms with E-state index in [2.05, 4.69) is 15.5 Å². The van der Waals surface area contributed by atoms with Gasteiger partial charge in [-0.3, -0.25) is 9.38 Å². The summed E-state index contributed by atoms with van der Waals surface area (Å²) in [4.78, 5) is 11.6. The molecule has 0 saturated carbocycles. The summed E-state index contributed by atoms with van der Waals surface area (Å²) in [7, 11) is 0. The van der Waals surface area contributed by atoms with Crippen molar-refractivity contribution in [2.75, 3.05) is 0 Å². The quantitative estimate of drug-likeness (QED) is 0.728. The molecule has 0 bridgehead atoms. The van der Waals surface area contributed by atoms with E-state index >= 15 is 0 Å². The van der Waals surface area contributed by atoms with Gasteiger partial charge in [0, 0.05) is 16.8 Å². The van der Waals surface area contributed by atoms with Gasteiger partial charge in [-0.05, 0) is 37.8 Å². The van der Waals surface area contributed by atoms with Crippen LogP contribution in [-0.2, 0) is 19.3 Å². The Morgan fingerprint density at radius 2 is 2.19 bits per heavy atom. The van der Waals surface area contributed by atoms with Crippen molar-refractivity contribution in [2.45, 2.75) is 32.1 Å². The Labute approximate surface area is 126 Å². The zero-order chi connectivity index (χ0) is 14.2. The first-order chi connectivity index (χ1) is 10.4. The van der Waals surface area contributed by atoms with E-state index < -0.39 is 0 Å². The predicted octanol–water partition coefficient (Wildman–Crippen LogP) is 3.40. The van der Waals surface area contributed by atoms with Gasteiger partial charge in [-0.25, -0.2) is 4.98 Å². The highest BCUT2D eigenvalue weighted by Crippen LogP contribution is 2.34. The zero-order valence-electron chi connectivity index (χ0n) is 11.5. The van der Waals surface area contributed by atoms with Gasteiger partial charge in [0.05, 0.1) is 23.9 Å². The first-order valence-electron chi connectivity index (χ1n) is 7.18. The number of hydrogen-bond acceptors (Lipinski definition) is 4. The lowest BCUT2D eigenvalue weighted by Gasteiger charge is -2.11. The topological polar surface area (TPSA) is 54.0 Å². The monoisotopic (exact) mass is 294 g/mol. The van der Waals surface area contributed by atoms with Crippen molar-refractivity contribution in [1.82, 2.24) is 14.4 Å². The number of aromatic nitrogens is 3. The average molecular weight is 294 g/mol. The summed E-state index contributed by atoms with van der Waals surface area (Å²) in [6.45, 7) is 0. The van der Waals surface area contributed by atoms with Crippen molar-refractivity contribution in [1.29, 1.82) is 5.26 Å². The molecule has 0 amide bonds. The minimum atomic E-state index is 0.371. The molecule has 0 unspecified atom stereocenters. The fraction of sp³-hybridized carbons (Fsp3) is 0.312. The Kier molecular flexibility index (Phi) is 2.97. The van der Waals surface area contributed by atoms with Crippen LogP contribution in [-0.4, -0.2) is 14.4 Å². The molecule has 0 radical (unpaired) electrons. The van der Waals surface area contributed by atoms with Crippen LogP contribution in [0.15, 0.2) is 24.4 Å². The number of fused-ring (bicyclic) bond motifs is 3. The first-order valence-corrected chi connectivity index (χ1v) is 8.00. The first kappa shape index (κ1) is 12.5. The van der Waals surface area contributed by atoms with Crippen LogP contribution in [0.4, 0.5) is 0 Å². The van der Waals surface area contributed by atoms with Gasteiger partial charge < -0.3 is 0 Å². The Balaban J connectivity index is 1.98. The van der Waals surface area contributed by atoms with Gasteiger partial charge in [0.15, 0.2) is 4.96 Å². The minimum Gasteiger partial charge on any atom is -0.290 e. The smallest absolute Gasteiger partial charge is 0.195 e. The molecule has 0 aliphatic heterocycles. The van der Waals surface area contributed by atoms with E-state index in [1.54, 1.807) is 17.5 Å². The molecule has 0 N–H and O–H groups in total. The number of nitrogens with zero attached hydrogens (tertiary/aromatic N) is 4. The third-order valence-corrected chi connectivity index (χ3v) is 5.11. The molecular formula is C16H14N4S. The normalized spacial score (nSPS) is 14.0. The maximum absolute atomic E-state index is 9.20. The van der Waals surface area contributed by atoms with Crippen molar-refractivity contribution < 1.29 is 0 Å². The molecule has 1 aliphatic rings. The van der Waals surface area contributed by atoms with Gasteiger partial charge in [-0.15, -0.1) is 11.3 Å². The van der Waals surface area contributed by atoms with Gasteiger partial charge in [0.25, 0.3) is 0 Å². The molecule has 3 aromatic rings. The lowest BCUT2D eigenvalue weighted by atomic mass is 10.0. The molecule has 4 rings (SSSR count). The number of nitriles is 1. The summed E-state index contributed by atoms with van der Waals surface area (Å²) in [6.07, 6.45) is 6.87. The highest BCUT2D eigenvalue weighted by Gasteiger charge is 2.23. The SMILES string of the molecule is N#CCc1c(-c2ccccn2)nc2sc3c(n12)CCCC3. The van der Waals surface area contributed by atoms with E-state index in [9.17, 15) is 5.26 Å². The van der Waals surface area contributed by atoms with Crippen molar-refractivity contribution in [3.63, 3.8) is 0 Å². The van der Waals surface area contributed by atoms with Gasteiger partial charge in [0.2, 0.25) is 0 Å². The Bertz CT molecular complexity index is 839. The molecule has 1 aliphatic carbocycles. The number of imidazole rings is 1. The van der Waals surface area contributed by atoms with Gasteiger partial charge >= 0.3 is 0 Å². The summed E-state index contributed by atoms with van der Waals surface area (Å²) in [5, 5.41) is 9.20. The fourth-order valence-corrected chi connectivity index (χ4v) is 4.27. The largest absolute Gasteiger partial charge is 0.290 e. The molecule has 0 spiro atoms. The van der Waals surface area contributed by atoms with Crippen LogP contribution in [0.3, 0.4) is 0 Å². The maximum atomic E-state index is 9.20. The summed E-state index contributed by atoms with van der Waals surface area (Å²) in [6, 6.07) is 8.10. The molecule has 0 fully saturated rings. The second-order valence-corrected chi connectivity index (χ2v) is 6.32. The van der Waals surface area contributed by atoms with Gasteiger partial charge in [-0.2, -0.15) is 5.26 Å². The molecular weight excluding hydrogens is 280 g/mol. The van der Waals surface area contributed by atoms with E-state index in [0.717, 1.165) is 34.9 Å². The number of hydrogen-bond donors (Lipinski definition) is 0. The molecule has 3 aromatic heterocycles. The van der Waals surface area contributed by atoms with Crippen LogP contribution in [0.2, 0.25) is 0 Å². The molecule has 0 saturated heterocycles. The van der Waals surface area contributed by atoms with E-state index in [1.165, 1.54) is 23.4 Å². The summed E-state index contributed by atoms with van der Waals surface area (Å²) in [5.74, 6) is 0. The highest BCUT2D eigenvalue weighted by molar-refractivity contribution is 7.17. The molecule has 0 aromatic carbocycles.